The number of amides is 1. The van der Waals surface area contributed by atoms with Gasteiger partial charge in [-0.05, 0) is 67.4 Å². The first-order valence-electron chi connectivity index (χ1n) is 7.51. The highest BCUT2D eigenvalue weighted by Crippen LogP contribution is 2.23. The normalized spacial score (nSPS) is 22.1. The maximum atomic E-state index is 12.4. The van der Waals surface area contributed by atoms with Gasteiger partial charge in [-0.3, -0.25) is 4.79 Å². The average Bonchev–Trinajstić information content (AvgIpc) is 2.94. The summed E-state index contributed by atoms with van der Waals surface area (Å²) in [5, 5.41) is 1.99. The molecule has 1 aromatic heterocycles. The van der Waals surface area contributed by atoms with Gasteiger partial charge in [0.15, 0.2) is 0 Å². The lowest BCUT2D eigenvalue weighted by Gasteiger charge is -2.40. The Hall–Kier alpha value is -0.140. The molecule has 0 saturated carbocycles. The Balaban J connectivity index is 1.54. The molecule has 3 heterocycles. The molecule has 0 unspecified atom stereocenters. The van der Waals surface area contributed by atoms with Gasteiger partial charge >= 0.3 is 0 Å². The fraction of sp³-hybridized carbons (Fsp3) is 0.667. The maximum Gasteiger partial charge on any atom is 0.254 e. The number of rotatable bonds is 2. The van der Waals surface area contributed by atoms with E-state index in [4.69, 9.17) is 0 Å². The molecule has 5 heteroatoms. The molecule has 0 bridgehead atoms. The number of carbonyl (C=O) groups excluding carboxylic acids is 1. The quantitative estimate of drug-likeness (QED) is 0.706. The third-order valence-electron chi connectivity index (χ3n) is 4.47. The van der Waals surface area contributed by atoms with E-state index in [1.165, 1.54) is 35.2 Å². The molecule has 20 heavy (non-hydrogen) atoms. The minimum Gasteiger partial charge on any atom is -0.339 e. The van der Waals surface area contributed by atoms with Crippen molar-refractivity contribution in [3.8, 4) is 0 Å². The van der Waals surface area contributed by atoms with Crippen LogP contribution < -0.4 is 0 Å². The molecule has 2 aliphatic rings. The summed E-state index contributed by atoms with van der Waals surface area (Å²) in [6.07, 6.45) is 6.39. The Morgan fingerprint density at radius 3 is 2.45 bits per heavy atom. The highest BCUT2D eigenvalue weighted by Gasteiger charge is 2.28. The van der Waals surface area contributed by atoms with Crippen LogP contribution in [0.2, 0.25) is 0 Å². The van der Waals surface area contributed by atoms with E-state index in [0.717, 1.165) is 31.5 Å². The van der Waals surface area contributed by atoms with Gasteiger partial charge < -0.3 is 9.80 Å². The smallest absolute Gasteiger partial charge is 0.254 e. The van der Waals surface area contributed by atoms with Crippen molar-refractivity contribution >= 4 is 39.8 Å². The average molecular weight is 404 g/mol. The van der Waals surface area contributed by atoms with E-state index in [1.54, 1.807) is 11.3 Å². The van der Waals surface area contributed by atoms with Gasteiger partial charge in [0.05, 0.1) is 8.45 Å². The standard InChI is InChI=1S/C15H21IN2OS/c16-14-10-12(11-20-14)15(19)18-8-4-13(5-9-18)17-6-2-1-3-7-17/h10-11,13H,1-9H2. The van der Waals surface area contributed by atoms with Crippen LogP contribution in [0.4, 0.5) is 0 Å². The lowest BCUT2D eigenvalue weighted by Crippen LogP contribution is -2.48. The zero-order valence-corrected chi connectivity index (χ0v) is 14.7. The molecule has 0 radical (unpaired) electrons. The van der Waals surface area contributed by atoms with Crippen molar-refractivity contribution < 1.29 is 4.79 Å². The van der Waals surface area contributed by atoms with Crippen LogP contribution >= 0.6 is 33.9 Å². The molecule has 2 aliphatic heterocycles. The molecular weight excluding hydrogens is 383 g/mol. The zero-order chi connectivity index (χ0) is 13.9. The van der Waals surface area contributed by atoms with Crippen LogP contribution in [-0.4, -0.2) is 47.9 Å². The van der Waals surface area contributed by atoms with Crippen molar-refractivity contribution in [1.29, 1.82) is 0 Å². The fourth-order valence-electron chi connectivity index (χ4n) is 3.32. The summed E-state index contributed by atoms with van der Waals surface area (Å²) < 4.78 is 1.19. The third-order valence-corrected chi connectivity index (χ3v) is 6.26. The Labute approximate surface area is 138 Å². The minimum absolute atomic E-state index is 0.223. The monoisotopic (exact) mass is 404 g/mol. The van der Waals surface area contributed by atoms with E-state index in [1.807, 2.05) is 16.3 Å². The van der Waals surface area contributed by atoms with E-state index in [0.29, 0.717) is 6.04 Å². The molecule has 1 amide bonds. The second-order valence-corrected chi connectivity index (χ2v) is 8.56. The lowest BCUT2D eigenvalue weighted by atomic mass is 9.99. The Morgan fingerprint density at radius 2 is 1.85 bits per heavy atom. The summed E-state index contributed by atoms with van der Waals surface area (Å²) in [5.41, 5.74) is 0.871. The van der Waals surface area contributed by atoms with Gasteiger partial charge in [-0.25, -0.2) is 0 Å². The van der Waals surface area contributed by atoms with Crippen molar-refractivity contribution in [3.63, 3.8) is 0 Å². The second kappa shape index (κ2) is 6.75. The van der Waals surface area contributed by atoms with Crippen molar-refractivity contribution in [3.05, 3.63) is 19.9 Å². The molecule has 0 aliphatic carbocycles. The molecule has 0 spiro atoms. The number of thiophene rings is 1. The largest absolute Gasteiger partial charge is 0.339 e. The first-order valence-corrected chi connectivity index (χ1v) is 9.47. The van der Waals surface area contributed by atoms with E-state index < -0.39 is 0 Å². The number of hydrogen-bond donors (Lipinski definition) is 0. The fourth-order valence-corrected chi connectivity index (χ4v) is 4.64. The van der Waals surface area contributed by atoms with E-state index in [2.05, 4.69) is 27.5 Å². The summed E-state index contributed by atoms with van der Waals surface area (Å²) in [5.74, 6) is 0.223. The van der Waals surface area contributed by atoms with Crippen molar-refractivity contribution in [2.24, 2.45) is 0 Å². The predicted octanol–water partition coefficient (Wildman–Crippen LogP) is 3.44. The van der Waals surface area contributed by atoms with E-state index >= 15 is 0 Å². The molecule has 2 saturated heterocycles. The molecule has 1 aromatic rings. The molecule has 110 valence electrons. The number of piperidine rings is 2. The van der Waals surface area contributed by atoms with Gasteiger partial charge in [-0.15, -0.1) is 11.3 Å². The molecule has 0 atom stereocenters. The summed E-state index contributed by atoms with van der Waals surface area (Å²) >= 11 is 3.93. The van der Waals surface area contributed by atoms with Gasteiger partial charge in [0.2, 0.25) is 0 Å². The predicted molar refractivity (Wildman–Crippen MR) is 91.4 cm³/mol. The first kappa shape index (κ1) is 14.8. The number of halogens is 1. The minimum atomic E-state index is 0.223. The van der Waals surface area contributed by atoms with Crippen molar-refractivity contribution in [2.75, 3.05) is 26.2 Å². The van der Waals surface area contributed by atoms with Gasteiger partial charge in [0, 0.05) is 24.5 Å². The van der Waals surface area contributed by atoms with Crippen LogP contribution in [-0.2, 0) is 0 Å². The Morgan fingerprint density at radius 1 is 1.15 bits per heavy atom. The van der Waals surface area contributed by atoms with Crippen LogP contribution in [0.25, 0.3) is 0 Å². The summed E-state index contributed by atoms with van der Waals surface area (Å²) in [7, 11) is 0. The molecule has 3 rings (SSSR count). The zero-order valence-electron chi connectivity index (χ0n) is 11.7. The maximum absolute atomic E-state index is 12.4. The van der Waals surface area contributed by atoms with Gasteiger partial charge in [0.25, 0.3) is 5.91 Å². The molecule has 0 N–H and O–H groups in total. The Bertz CT molecular complexity index is 462. The van der Waals surface area contributed by atoms with Gasteiger partial charge in [0.1, 0.15) is 0 Å². The Kier molecular flexibility index (Phi) is 4.99. The van der Waals surface area contributed by atoms with Crippen molar-refractivity contribution in [2.45, 2.75) is 38.1 Å². The van der Waals surface area contributed by atoms with E-state index in [9.17, 15) is 4.79 Å². The lowest BCUT2D eigenvalue weighted by molar-refractivity contribution is 0.0590. The highest BCUT2D eigenvalue weighted by molar-refractivity contribution is 14.1. The van der Waals surface area contributed by atoms with Crippen LogP contribution in [0, 0.1) is 2.88 Å². The van der Waals surface area contributed by atoms with Crippen LogP contribution in [0.3, 0.4) is 0 Å². The molecule has 3 nitrogen and oxygen atoms in total. The number of hydrogen-bond acceptors (Lipinski definition) is 3. The van der Waals surface area contributed by atoms with Crippen LogP contribution in [0.1, 0.15) is 42.5 Å². The number of likely N-dealkylation sites (tertiary alicyclic amines) is 2. The first-order chi connectivity index (χ1) is 9.74. The summed E-state index contributed by atoms with van der Waals surface area (Å²) in [6, 6.07) is 2.71. The summed E-state index contributed by atoms with van der Waals surface area (Å²) in [4.78, 5) is 17.1. The SMILES string of the molecule is O=C(c1csc(I)c1)N1CCC(N2CCCCC2)CC1. The third kappa shape index (κ3) is 3.36. The second-order valence-electron chi connectivity index (χ2n) is 5.76. The van der Waals surface area contributed by atoms with E-state index in [-0.39, 0.29) is 5.91 Å². The molecule has 2 fully saturated rings. The van der Waals surface area contributed by atoms with Crippen molar-refractivity contribution in [1.82, 2.24) is 9.80 Å². The molecule has 0 aromatic carbocycles. The highest BCUT2D eigenvalue weighted by atomic mass is 127. The molecular formula is C15H21IN2OS. The van der Waals surface area contributed by atoms with Gasteiger partial charge in [-0.2, -0.15) is 0 Å². The topological polar surface area (TPSA) is 23.6 Å². The number of nitrogens with zero attached hydrogens (tertiary/aromatic N) is 2. The van der Waals surface area contributed by atoms with Crippen LogP contribution in [0.15, 0.2) is 11.4 Å². The number of carbonyl (C=O) groups is 1. The van der Waals surface area contributed by atoms with Gasteiger partial charge in [-0.1, -0.05) is 6.42 Å². The van der Waals surface area contributed by atoms with Crippen LogP contribution in [0.5, 0.6) is 0 Å². The summed E-state index contributed by atoms with van der Waals surface area (Å²) in [6.45, 7) is 4.38.